The van der Waals surface area contributed by atoms with E-state index in [4.69, 9.17) is 17.3 Å². The fourth-order valence-corrected chi connectivity index (χ4v) is 3.27. The fourth-order valence-electron chi connectivity index (χ4n) is 3.09. The van der Waals surface area contributed by atoms with Crippen LogP contribution in [-0.4, -0.2) is 16.8 Å². The molecule has 2 N–H and O–H groups in total. The van der Waals surface area contributed by atoms with Crippen molar-refractivity contribution in [3.8, 4) is 0 Å². The van der Waals surface area contributed by atoms with Crippen LogP contribution in [0.25, 0.3) is 10.9 Å². The first kappa shape index (κ1) is 14.5. The van der Waals surface area contributed by atoms with Crippen LogP contribution in [0.2, 0.25) is 5.02 Å². The van der Waals surface area contributed by atoms with Gasteiger partial charge in [0.05, 0.1) is 5.52 Å². The predicted octanol–water partition coefficient (Wildman–Crippen LogP) is 3.98. The molecule has 1 saturated carbocycles. The van der Waals surface area contributed by atoms with Crippen molar-refractivity contribution in [1.82, 2.24) is 4.98 Å². The summed E-state index contributed by atoms with van der Waals surface area (Å²) in [6, 6.07) is 9.54. The maximum atomic E-state index is 12.3. The van der Waals surface area contributed by atoms with E-state index in [2.05, 4.69) is 4.98 Å². The summed E-state index contributed by atoms with van der Waals surface area (Å²) in [5.74, 6) is 0.718. The number of fused-ring (bicyclic) bond motifs is 1. The second-order valence-corrected chi connectivity index (χ2v) is 6.37. The molecule has 1 aromatic carbocycles. The van der Waals surface area contributed by atoms with Gasteiger partial charge < -0.3 is 5.73 Å². The lowest BCUT2D eigenvalue weighted by Crippen LogP contribution is -2.15. The number of benzene rings is 1. The van der Waals surface area contributed by atoms with E-state index in [0.29, 0.717) is 29.1 Å². The molecule has 2 unspecified atom stereocenters. The smallest absolute Gasteiger partial charge is 0.181 e. The van der Waals surface area contributed by atoms with E-state index in [1.54, 1.807) is 12.1 Å². The quantitative estimate of drug-likeness (QED) is 0.869. The van der Waals surface area contributed by atoms with E-state index < -0.39 is 0 Å². The average Bonchev–Trinajstić information content (AvgIpc) is 2.90. The highest BCUT2D eigenvalue weighted by Gasteiger charge is 2.22. The standard InChI is InChI=1S/C17H19ClN2O/c18-13-4-7-15-12(10-13)3-6-16(20-15)17(21)8-2-11-1-5-14(19)9-11/h3-4,6-7,10-11,14H,1-2,5,8-9,19H2. The van der Waals surface area contributed by atoms with Gasteiger partial charge in [-0.3, -0.25) is 4.79 Å². The highest BCUT2D eigenvalue weighted by molar-refractivity contribution is 6.31. The molecule has 0 amide bonds. The summed E-state index contributed by atoms with van der Waals surface area (Å²) >= 11 is 5.95. The predicted molar refractivity (Wildman–Crippen MR) is 85.6 cm³/mol. The summed E-state index contributed by atoms with van der Waals surface area (Å²) in [7, 11) is 0. The molecule has 110 valence electrons. The Hall–Kier alpha value is -1.45. The number of nitrogens with zero attached hydrogens (tertiary/aromatic N) is 1. The number of carbonyl (C=O) groups excluding carboxylic acids is 1. The normalized spacial score (nSPS) is 21.8. The minimum atomic E-state index is 0.118. The van der Waals surface area contributed by atoms with E-state index in [9.17, 15) is 4.79 Å². The van der Waals surface area contributed by atoms with Crippen LogP contribution in [0.5, 0.6) is 0 Å². The van der Waals surface area contributed by atoms with Gasteiger partial charge in [0.15, 0.2) is 5.78 Å². The second-order valence-electron chi connectivity index (χ2n) is 5.93. The first-order valence-electron chi connectivity index (χ1n) is 7.47. The van der Waals surface area contributed by atoms with Crippen molar-refractivity contribution in [2.45, 2.75) is 38.1 Å². The molecular weight excluding hydrogens is 284 g/mol. The summed E-state index contributed by atoms with van der Waals surface area (Å²) in [6.45, 7) is 0. The number of aromatic nitrogens is 1. The van der Waals surface area contributed by atoms with Gasteiger partial charge in [0.2, 0.25) is 0 Å². The van der Waals surface area contributed by atoms with Gasteiger partial charge in [-0.25, -0.2) is 4.98 Å². The molecule has 0 saturated heterocycles. The molecule has 1 heterocycles. The molecular formula is C17H19ClN2O. The third-order valence-corrected chi connectivity index (χ3v) is 4.53. The van der Waals surface area contributed by atoms with Crippen LogP contribution in [0.1, 0.15) is 42.6 Å². The number of nitrogens with two attached hydrogens (primary N) is 1. The number of hydrogen-bond donors (Lipinski definition) is 1. The lowest BCUT2D eigenvalue weighted by Gasteiger charge is -2.08. The van der Waals surface area contributed by atoms with Gasteiger partial charge in [-0.1, -0.05) is 17.7 Å². The molecule has 2 atom stereocenters. The maximum Gasteiger partial charge on any atom is 0.181 e. The molecule has 1 aliphatic carbocycles. The van der Waals surface area contributed by atoms with Crippen LogP contribution in [0.15, 0.2) is 30.3 Å². The van der Waals surface area contributed by atoms with Crippen molar-refractivity contribution in [1.29, 1.82) is 0 Å². The van der Waals surface area contributed by atoms with Crippen molar-refractivity contribution >= 4 is 28.3 Å². The first-order valence-corrected chi connectivity index (χ1v) is 7.85. The Morgan fingerprint density at radius 2 is 2.14 bits per heavy atom. The van der Waals surface area contributed by atoms with Crippen molar-refractivity contribution in [2.24, 2.45) is 11.7 Å². The van der Waals surface area contributed by atoms with Gasteiger partial charge in [0, 0.05) is 22.9 Å². The molecule has 0 spiro atoms. The van der Waals surface area contributed by atoms with Crippen LogP contribution in [-0.2, 0) is 0 Å². The lowest BCUT2D eigenvalue weighted by molar-refractivity contribution is 0.0969. The number of hydrogen-bond acceptors (Lipinski definition) is 3. The SMILES string of the molecule is NC1CCC(CCC(=O)c2ccc3cc(Cl)ccc3n2)C1. The summed E-state index contributed by atoms with van der Waals surface area (Å²) in [5, 5.41) is 1.64. The molecule has 0 aliphatic heterocycles. The molecule has 1 aliphatic rings. The minimum Gasteiger partial charge on any atom is -0.328 e. The van der Waals surface area contributed by atoms with E-state index in [-0.39, 0.29) is 5.78 Å². The Bertz CT molecular complexity index is 671. The average molecular weight is 303 g/mol. The van der Waals surface area contributed by atoms with E-state index in [1.165, 1.54) is 0 Å². The lowest BCUT2D eigenvalue weighted by atomic mass is 9.98. The maximum absolute atomic E-state index is 12.3. The summed E-state index contributed by atoms with van der Waals surface area (Å²) in [6.07, 6.45) is 4.78. The summed E-state index contributed by atoms with van der Waals surface area (Å²) < 4.78 is 0. The van der Waals surface area contributed by atoms with Gasteiger partial charge in [-0.2, -0.15) is 0 Å². The van der Waals surface area contributed by atoms with Crippen LogP contribution >= 0.6 is 11.6 Å². The molecule has 0 bridgehead atoms. The number of rotatable bonds is 4. The molecule has 4 heteroatoms. The molecule has 2 aromatic rings. The largest absolute Gasteiger partial charge is 0.328 e. The van der Waals surface area contributed by atoms with E-state index >= 15 is 0 Å². The zero-order chi connectivity index (χ0) is 14.8. The number of Topliss-reactive ketones (excluding diaryl/α,β-unsaturated/α-hetero) is 1. The molecule has 3 rings (SSSR count). The molecule has 3 nitrogen and oxygen atoms in total. The van der Waals surface area contributed by atoms with Crippen LogP contribution in [0, 0.1) is 5.92 Å². The minimum absolute atomic E-state index is 0.118. The Balaban J connectivity index is 1.68. The van der Waals surface area contributed by atoms with Crippen LogP contribution in [0.4, 0.5) is 0 Å². The Morgan fingerprint density at radius 3 is 2.90 bits per heavy atom. The summed E-state index contributed by atoms with van der Waals surface area (Å²) in [4.78, 5) is 16.7. The Kier molecular flexibility index (Phi) is 4.22. The topological polar surface area (TPSA) is 56.0 Å². The Labute approximate surface area is 129 Å². The molecule has 1 aromatic heterocycles. The van der Waals surface area contributed by atoms with Crippen molar-refractivity contribution < 1.29 is 4.79 Å². The van der Waals surface area contributed by atoms with Crippen LogP contribution in [0.3, 0.4) is 0 Å². The number of pyridine rings is 1. The van der Waals surface area contributed by atoms with Gasteiger partial charge in [0.1, 0.15) is 5.69 Å². The van der Waals surface area contributed by atoms with E-state index in [1.807, 2.05) is 18.2 Å². The zero-order valence-corrected chi connectivity index (χ0v) is 12.6. The summed E-state index contributed by atoms with van der Waals surface area (Å²) in [5.41, 5.74) is 7.27. The number of ketones is 1. The second kappa shape index (κ2) is 6.12. The highest BCUT2D eigenvalue weighted by atomic mass is 35.5. The molecule has 1 fully saturated rings. The van der Waals surface area contributed by atoms with Gasteiger partial charge >= 0.3 is 0 Å². The van der Waals surface area contributed by atoms with E-state index in [0.717, 1.165) is 36.6 Å². The van der Waals surface area contributed by atoms with Crippen LogP contribution < -0.4 is 5.73 Å². The Morgan fingerprint density at radius 1 is 1.29 bits per heavy atom. The third-order valence-electron chi connectivity index (χ3n) is 4.30. The highest BCUT2D eigenvalue weighted by Crippen LogP contribution is 2.28. The van der Waals surface area contributed by atoms with Crippen molar-refractivity contribution in [3.63, 3.8) is 0 Å². The number of carbonyl (C=O) groups is 1. The van der Waals surface area contributed by atoms with Crippen molar-refractivity contribution in [3.05, 3.63) is 41.0 Å². The zero-order valence-electron chi connectivity index (χ0n) is 11.9. The van der Waals surface area contributed by atoms with Crippen molar-refractivity contribution in [2.75, 3.05) is 0 Å². The third kappa shape index (κ3) is 3.42. The van der Waals surface area contributed by atoms with Gasteiger partial charge in [-0.15, -0.1) is 0 Å². The fraction of sp³-hybridized carbons (Fsp3) is 0.412. The monoisotopic (exact) mass is 302 g/mol. The molecule has 0 radical (unpaired) electrons. The first-order chi connectivity index (χ1) is 10.1. The van der Waals surface area contributed by atoms with Gasteiger partial charge in [-0.05, 0) is 55.9 Å². The molecule has 21 heavy (non-hydrogen) atoms. The van der Waals surface area contributed by atoms with Gasteiger partial charge in [0.25, 0.3) is 0 Å². The number of halogens is 1.